The van der Waals surface area contributed by atoms with Crippen LogP contribution in [0.5, 0.6) is 0 Å². The highest BCUT2D eigenvalue weighted by Crippen LogP contribution is 2.56. The molecule has 0 saturated heterocycles. The molecule has 2 aliphatic heterocycles. The summed E-state index contributed by atoms with van der Waals surface area (Å²) in [5.74, 6) is 0. The van der Waals surface area contributed by atoms with Gasteiger partial charge in [-0.1, -0.05) is 171 Å². The van der Waals surface area contributed by atoms with E-state index in [1.807, 2.05) is 0 Å². The second-order valence-electron chi connectivity index (χ2n) is 28.4. The Morgan fingerprint density at radius 3 is 1.45 bits per heavy atom. The highest BCUT2D eigenvalue weighted by molar-refractivity contribution is 7.00. The van der Waals surface area contributed by atoms with Crippen LogP contribution in [0, 0.1) is 6.92 Å². The van der Waals surface area contributed by atoms with Crippen molar-refractivity contribution in [3.63, 3.8) is 0 Å². The molecule has 4 heteroatoms. The summed E-state index contributed by atoms with van der Waals surface area (Å²) in [6.07, 6.45) is 5.80. The molecule has 2 heterocycles. The average Bonchev–Trinajstić information content (AvgIpc) is 3.52. The van der Waals surface area contributed by atoms with Crippen LogP contribution in [-0.4, -0.2) is 6.71 Å². The first-order chi connectivity index (χ1) is 34.7. The second kappa shape index (κ2) is 16.0. The van der Waals surface area contributed by atoms with Crippen molar-refractivity contribution in [2.24, 2.45) is 0 Å². The van der Waals surface area contributed by atoms with E-state index in [9.17, 15) is 0 Å². The minimum Gasteiger partial charge on any atom is -0.311 e. The lowest BCUT2D eigenvalue weighted by Gasteiger charge is -2.47. The Kier molecular flexibility index (Phi) is 10.6. The molecule has 378 valence electrons. The first-order valence-electron chi connectivity index (χ1n) is 28.0. The van der Waals surface area contributed by atoms with Crippen LogP contribution in [0.4, 0.5) is 51.2 Å². The summed E-state index contributed by atoms with van der Waals surface area (Å²) >= 11 is 0. The van der Waals surface area contributed by atoms with Crippen molar-refractivity contribution in [1.82, 2.24) is 0 Å². The molecule has 0 aromatic heterocycles. The lowest BCUT2D eigenvalue weighted by atomic mass is 9.33. The minimum atomic E-state index is -0.0472. The second-order valence-corrected chi connectivity index (χ2v) is 28.4. The zero-order chi connectivity index (χ0) is 52.4. The van der Waals surface area contributed by atoms with E-state index >= 15 is 0 Å². The predicted molar refractivity (Wildman–Crippen MR) is 320 cm³/mol. The van der Waals surface area contributed by atoms with Gasteiger partial charge >= 0.3 is 0 Å². The van der Waals surface area contributed by atoms with E-state index in [2.05, 4.69) is 259 Å². The lowest BCUT2D eigenvalue weighted by Crippen LogP contribution is -2.62. The molecule has 74 heavy (non-hydrogen) atoms. The Bertz CT molecular complexity index is 3400. The molecule has 0 amide bonds. The summed E-state index contributed by atoms with van der Waals surface area (Å²) < 4.78 is 0. The third-order valence-electron chi connectivity index (χ3n) is 19.2. The predicted octanol–water partition coefficient (Wildman–Crippen LogP) is 17.5. The number of anilines is 9. The van der Waals surface area contributed by atoms with E-state index in [0.29, 0.717) is 0 Å². The van der Waals surface area contributed by atoms with E-state index in [0.717, 1.165) is 36.3 Å². The Labute approximate surface area is 445 Å². The van der Waals surface area contributed by atoms with E-state index in [4.69, 9.17) is 0 Å². The number of rotatable bonds is 5. The summed E-state index contributed by atoms with van der Waals surface area (Å²) in [5.41, 5.74) is 27.1. The summed E-state index contributed by atoms with van der Waals surface area (Å²) in [6.45, 7) is 39.2. The van der Waals surface area contributed by atoms with Crippen LogP contribution in [-0.2, 0) is 37.9 Å². The van der Waals surface area contributed by atoms with Gasteiger partial charge in [0.1, 0.15) is 0 Å². The fourth-order valence-corrected chi connectivity index (χ4v) is 14.8. The molecule has 0 bridgehead atoms. The zero-order valence-electron chi connectivity index (χ0n) is 47.7. The van der Waals surface area contributed by atoms with Gasteiger partial charge in [0.15, 0.2) is 0 Å². The molecule has 12 rings (SSSR count). The maximum absolute atomic E-state index is 2.76. The number of para-hydroxylation sites is 2. The molecule has 7 aromatic carbocycles. The molecule has 5 aliphatic rings. The number of nitrogens with zero attached hydrogens (tertiary/aromatic N) is 3. The molecular formula is C70H80BN3. The minimum absolute atomic E-state index is 0.0105. The van der Waals surface area contributed by atoms with Gasteiger partial charge in [0, 0.05) is 45.5 Å². The molecule has 0 saturated carbocycles. The van der Waals surface area contributed by atoms with Crippen LogP contribution in [0.15, 0.2) is 133 Å². The standard InChI is InChI=1S/C70H80BN3/c1-44-35-51-54(68(11,12)34-33-66(51,7)8)41-59(44)74-60-42-55-53(69(13,14)43-70(55,15)16)40-57(60)71-56-36-45(64(2,3)4)27-30-58(56)73(48-28-29-50-52(37-48)67(9,10)32-31-65(50,5)6)61-38-49(39-62(74)63(61)71)72(46-23-19-17-20-24-46)47-25-21-18-22-26-47/h17-30,35-42H,31-34,43H2,1-16H3. The van der Waals surface area contributed by atoms with Crippen molar-refractivity contribution >= 4 is 74.3 Å². The van der Waals surface area contributed by atoms with Gasteiger partial charge < -0.3 is 14.7 Å². The fourth-order valence-electron chi connectivity index (χ4n) is 14.8. The molecule has 7 aromatic rings. The van der Waals surface area contributed by atoms with Gasteiger partial charge in [-0.05, 0) is 205 Å². The zero-order valence-corrected chi connectivity index (χ0v) is 47.7. The molecule has 0 radical (unpaired) electrons. The van der Waals surface area contributed by atoms with E-state index in [1.165, 1.54) is 108 Å². The van der Waals surface area contributed by atoms with Crippen LogP contribution in [0.25, 0.3) is 0 Å². The number of benzene rings is 7. The Balaban J connectivity index is 1.26. The van der Waals surface area contributed by atoms with Gasteiger partial charge in [-0.3, -0.25) is 0 Å². The molecule has 0 atom stereocenters. The van der Waals surface area contributed by atoms with Gasteiger partial charge in [0.2, 0.25) is 0 Å². The molecule has 0 fully saturated rings. The molecule has 0 N–H and O–H groups in total. The van der Waals surface area contributed by atoms with Crippen molar-refractivity contribution in [2.45, 2.75) is 181 Å². The topological polar surface area (TPSA) is 9.72 Å². The van der Waals surface area contributed by atoms with Gasteiger partial charge in [-0.15, -0.1) is 0 Å². The highest BCUT2D eigenvalue weighted by atomic mass is 15.2. The van der Waals surface area contributed by atoms with Gasteiger partial charge in [-0.2, -0.15) is 0 Å². The third-order valence-corrected chi connectivity index (χ3v) is 19.2. The van der Waals surface area contributed by atoms with Crippen LogP contribution >= 0.6 is 0 Å². The van der Waals surface area contributed by atoms with Crippen LogP contribution < -0.4 is 31.1 Å². The number of hydrogen-bond acceptors (Lipinski definition) is 3. The van der Waals surface area contributed by atoms with Crippen LogP contribution in [0.2, 0.25) is 0 Å². The summed E-state index contributed by atoms with van der Waals surface area (Å²) in [5, 5.41) is 0. The largest absolute Gasteiger partial charge is 0.311 e. The quantitative estimate of drug-likeness (QED) is 0.159. The van der Waals surface area contributed by atoms with E-state index < -0.39 is 0 Å². The summed E-state index contributed by atoms with van der Waals surface area (Å²) in [4.78, 5) is 7.93. The average molecular weight is 974 g/mol. The molecule has 3 aliphatic carbocycles. The Hall–Kier alpha value is -6.00. The van der Waals surface area contributed by atoms with Gasteiger partial charge in [0.05, 0.1) is 5.69 Å². The van der Waals surface area contributed by atoms with Crippen molar-refractivity contribution in [3.8, 4) is 0 Å². The maximum Gasteiger partial charge on any atom is 0.252 e. The van der Waals surface area contributed by atoms with E-state index in [-0.39, 0.29) is 44.6 Å². The first-order valence-corrected chi connectivity index (χ1v) is 28.0. The SMILES string of the molecule is Cc1cc2c(cc1N1c3cc4c(cc3B3c5cc(C(C)(C)C)ccc5N(c5ccc6c(c5)C(C)(C)CCC6(C)C)c5cc(N(c6ccccc6)c6ccccc6)cc1c53)C(C)(C)CC4(C)C)C(C)(C)CCC2(C)C. The van der Waals surface area contributed by atoms with Crippen molar-refractivity contribution in [2.75, 3.05) is 14.7 Å². The van der Waals surface area contributed by atoms with Crippen LogP contribution in [0.1, 0.15) is 180 Å². The fraction of sp³-hybridized carbons (Fsp3) is 0.400. The molecular weight excluding hydrogens is 894 g/mol. The highest BCUT2D eigenvalue weighted by Gasteiger charge is 2.50. The smallest absolute Gasteiger partial charge is 0.252 e. The number of hydrogen-bond donors (Lipinski definition) is 0. The maximum atomic E-state index is 2.76. The third kappa shape index (κ3) is 7.41. The van der Waals surface area contributed by atoms with E-state index in [1.54, 1.807) is 0 Å². The Morgan fingerprint density at radius 1 is 0.405 bits per heavy atom. The Morgan fingerprint density at radius 2 is 0.878 bits per heavy atom. The van der Waals surface area contributed by atoms with Crippen molar-refractivity contribution < 1.29 is 0 Å². The molecule has 0 unspecified atom stereocenters. The lowest BCUT2D eigenvalue weighted by molar-refractivity contribution is 0.332. The van der Waals surface area contributed by atoms with Crippen molar-refractivity contribution in [1.29, 1.82) is 0 Å². The van der Waals surface area contributed by atoms with Gasteiger partial charge in [-0.25, -0.2) is 0 Å². The first kappa shape index (κ1) is 48.9. The summed E-state index contributed by atoms with van der Waals surface area (Å²) in [7, 11) is 0. The molecule has 0 spiro atoms. The van der Waals surface area contributed by atoms with Gasteiger partial charge in [0.25, 0.3) is 6.71 Å². The van der Waals surface area contributed by atoms with Crippen molar-refractivity contribution in [3.05, 3.63) is 178 Å². The number of fused-ring (bicyclic) bond motifs is 7. The normalized spacial score (nSPS) is 19.6. The monoisotopic (exact) mass is 974 g/mol. The summed E-state index contributed by atoms with van der Waals surface area (Å²) in [6, 6.07) is 52.9. The van der Waals surface area contributed by atoms with Crippen LogP contribution in [0.3, 0.4) is 0 Å². The molecule has 3 nitrogen and oxygen atoms in total. The number of aryl methyl sites for hydroxylation is 1.